The highest BCUT2D eigenvalue weighted by Crippen LogP contribution is 2.19. The van der Waals surface area contributed by atoms with Crippen LogP contribution in [0.1, 0.15) is 29.0 Å². The lowest BCUT2D eigenvalue weighted by molar-refractivity contribution is -0.133. The molecule has 3 heterocycles. The van der Waals surface area contributed by atoms with Crippen molar-refractivity contribution < 1.29 is 26.8 Å². The monoisotopic (exact) mass is 492 g/mol. The number of hydrogen-bond donors (Lipinski definition) is 1. The molecule has 2 aliphatic heterocycles. The number of carbonyl (C=O) groups excluding carboxylic acids is 2. The molecule has 2 aromatic rings. The number of rotatable bonds is 6. The molecule has 4 rings (SSSR count). The average Bonchev–Trinajstić information content (AvgIpc) is 3.26. The van der Waals surface area contributed by atoms with E-state index in [1.165, 1.54) is 28.8 Å². The molecule has 184 valence electrons. The summed E-state index contributed by atoms with van der Waals surface area (Å²) in [4.78, 5) is 28.7. The van der Waals surface area contributed by atoms with Crippen molar-refractivity contribution in [3.8, 4) is 0 Å². The van der Waals surface area contributed by atoms with Crippen LogP contribution < -0.4 is 5.32 Å². The van der Waals surface area contributed by atoms with Gasteiger partial charge in [-0.05, 0) is 44.0 Å². The van der Waals surface area contributed by atoms with Gasteiger partial charge < -0.3 is 14.6 Å². The number of hydrogen-bond acceptors (Lipinski definition) is 6. The molecular weight excluding hydrogens is 463 g/mol. The van der Waals surface area contributed by atoms with Crippen LogP contribution in [-0.2, 0) is 14.8 Å². The van der Waals surface area contributed by atoms with Gasteiger partial charge >= 0.3 is 0 Å². The summed E-state index contributed by atoms with van der Waals surface area (Å²) < 4.78 is 45.5. The number of halogens is 1. The molecule has 0 aliphatic carbocycles. The van der Waals surface area contributed by atoms with Crippen LogP contribution in [0.5, 0.6) is 0 Å². The number of carbonyl (C=O) groups is 2. The molecule has 9 nitrogen and oxygen atoms in total. The third-order valence-electron chi connectivity index (χ3n) is 6.38. The lowest BCUT2D eigenvalue weighted by Crippen LogP contribution is -2.53. The zero-order valence-electron chi connectivity index (χ0n) is 19.1. The quantitative estimate of drug-likeness (QED) is 0.655. The van der Waals surface area contributed by atoms with Crippen molar-refractivity contribution in [1.29, 1.82) is 0 Å². The maximum Gasteiger partial charge on any atom is 0.287 e. The summed E-state index contributed by atoms with van der Waals surface area (Å²) in [5.41, 5.74) is 0.796. The van der Waals surface area contributed by atoms with Crippen LogP contribution in [0, 0.1) is 12.7 Å². The zero-order valence-corrected chi connectivity index (χ0v) is 19.9. The minimum absolute atomic E-state index is 0.0277. The highest BCUT2D eigenvalue weighted by Gasteiger charge is 2.31. The highest BCUT2D eigenvalue weighted by molar-refractivity contribution is 7.89. The Morgan fingerprint density at radius 3 is 2.41 bits per heavy atom. The Balaban J connectivity index is 1.22. The van der Waals surface area contributed by atoms with Gasteiger partial charge in [0.25, 0.3) is 5.91 Å². The summed E-state index contributed by atoms with van der Waals surface area (Å²) in [5, 5.41) is 2.99. The molecule has 0 unspecified atom stereocenters. The SMILES string of the molecule is Cc1ccoc1C(=O)NC1CCN(CC(=O)N2CCN(S(=O)(=O)c3cccc(F)c3)CC2)CC1. The Bertz CT molecular complexity index is 1140. The molecule has 11 heteroatoms. The number of nitrogens with zero attached hydrogens (tertiary/aromatic N) is 3. The molecule has 2 amide bonds. The van der Waals surface area contributed by atoms with Gasteiger partial charge in [0.05, 0.1) is 17.7 Å². The number of likely N-dealkylation sites (tertiary alicyclic amines) is 1. The maximum absolute atomic E-state index is 13.5. The number of nitrogens with one attached hydrogen (secondary N) is 1. The van der Waals surface area contributed by atoms with E-state index in [0.29, 0.717) is 31.9 Å². The van der Waals surface area contributed by atoms with Gasteiger partial charge in [0, 0.05) is 50.9 Å². The number of furan rings is 1. The average molecular weight is 493 g/mol. The molecule has 2 aliphatic rings. The van der Waals surface area contributed by atoms with Crippen LogP contribution in [0.25, 0.3) is 0 Å². The van der Waals surface area contributed by atoms with E-state index in [2.05, 4.69) is 10.2 Å². The minimum atomic E-state index is -3.79. The van der Waals surface area contributed by atoms with Gasteiger partial charge in [0.15, 0.2) is 5.76 Å². The van der Waals surface area contributed by atoms with Crippen LogP contribution in [0.15, 0.2) is 45.9 Å². The van der Waals surface area contributed by atoms with E-state index in [-0.39, 0.29) is 42.4 Å². The number of aryl methyl sites for hydroxylation is 1. The van der Waals surface area contributed by atoms with Crippen LogP contribution in [0.4, 0.5) is 4.39 Å². The molecular formula is C23H29FN4O5S. The van der Waals surface area contributed by atoms with E-state index >= 15 is 0 Å². The second kappa shape index (κ2) is 10.2. The van der Waals surface area contributed by atoms with Gasteiger partial charge in [-0.1, -0.05) is 6.07 Å². The standard InChI is InChI=1S/C23H29FN4O5S/c1-17-7-14-33-22(17)23(30)25-19-5-8-26(9-6-19)16-21(29)27-10-12-28(13-11-27)34(31,32)20-4-2-3-18(24)15-20/h2-4,7,14-15,19H,5-6,8-13,16H2,1H3,(H,25,30). The second-order valence-corrected chi connectivity index (χ2v) is 10.6. The van der Waals surface area contributed by atoms with E-state index in [9.17, 15) is 22.4 Å². The smallest absolute Gasteiger partial charge is 0.287 e. The summed E-state index contributed by atoms with van der Waals surface area (Å²) in [7, 11) is -3.79. The number of piperazine rings is 1. The molecule has 2 fully saturated rings. The number of sulfonamides is 1. The number of piperidine rings is 1. The lowest BCUT2D eigenvalue weighted by atomic mass is 10.0. The Kier molecular flexibility index (Phi) is 7.34. The van der Waals surface area contributed by atoms with Crippen molar-refractivity contribution in [3.05, 3.63) is 53.7 Å². The number of amides is 2. The summed E-state index contributed by atoms with van der Waals surface area (Å²) >= 11 is 0. The van der Waals surface area contributed by atoms with Crippen molar-refractivity contribution in [2.75, 3.05) is 45.8 Å². The predicted molar refractivity (Wildman–Crippen MR) is 122 cm³/mol. The first kappa shape index (κ1) is 24.4. The predicted octanol–water partition coefficient (Wildman–Crippen LogP) is 1.45. The lowest BCUT2D eigenvalue weighted by Gasteiger charge is -2.36. The summed E-state index contributed by atoms with van der Waals surface area (Å²) in [6, 6.07) is 6.73. The summed E-state index contributed by atoms with van der Waals surface area (Å²) in [6.45, 7) is 4.38. The molecule has 2 saturated heterocycles. The zero-order chi connectivity index (χ0) is 24.3. The van der Waals surface area contributed by atoms with Crippen LogP contribution in [0.3, 0.4) is 0 Å². The fourth-order valence-corrected chi connectivity index (χ4v) is 5.79. The molecule has 0 spiro atoms. The first-order valence-corrected chi connectivity index (χ1v) is 12.8. The minimum Gasteiger partial charge on any atom is -0.459 e. The molecule has 1 N–H and O–H groups in total. The molecule has 0 radical (unpaired) electrons. The summed E-state index contributed by atoms with van der Waals surface area (Å²) in [5.74, 6) is -0.537. The van der Waals surface area contributed by atoms with E-state index in [1.807, 2.05) is 6.92 Å². The van der Waals surface area contributed by atoms with Crippen LogP contribution in [-0.4, -0.2) is 86.2 Å². The van der Waals surface area contributed by atoms with E-state index in [1.54, 1.807) is 11.0 Å². The normalized spacial score (nSPS) is 18.7. The van der Waals surface area contributed by atoms with Crippen LogP contribution in [0.2, 0.25) is 0 Å². The topological polar surface area (TPSA) is 103 Å². The molecule has 34 heavy (non-hydrogen) atoms. The van der Waals surface area contributed by atoms with Gasteiger partial charge in [-0.25, -0.2) is 12.8 Å². The molecule has 1 aromatic carbocycles. The van der Waals surface area contributed by atoms with Crippen molar-refractivity contribution in [2.24, 2.45) is 0 Å². The van der Waals surface area contributed by atoms with Crippen molar-refractivity contribution in [2.45, 2.75) is 30.7 Å². The fourth-order valence-electron chi connectivity index (χ4n) is 4.34. The first-order chi connectivity index (χ1) is 16.2. The largest absolute Gasteiger partial charge is 0.459 e. The molecule has 0 saturated carbocycles. The van der Waals surface area contributed by atoms with E-state index in [0.717, 1.165) is 24.5 Å². The maximum atomic E-state index is 13.5. The molecule has 0 bridgehead atoms. The third-order valence-corrected chi connectivity index (χ3v) is 8.27. The Morgan fingerprint density at radius 2 is 1.79 bits per heavy atom. The Morgan fingerprint density at radius 1 is 1.09 bits per heavy atom. The van der Waals surface area contributed by atoms with Gasteiger partial charge in [-0.15, -0.1) is 0 Å². The van der Waals surface area contributed by atoms with Crippen LogP contribution >= 0.6 is 0 Å². The van der Waals surface area contributed by atoms with Gasteiger partial charge in [-0.2, -0.15) is 4.31 Å². The fraction of sp³-hybridized carbons (Fsp3) is 0.478. The Hall–Kier alpha value is -2.76. The van der Waals surface area contributed by atoms with E-state index in [4.69, 9.17) is 4.42 Å². The van der Waals surface area contributed by atoms with Crippen molar-refractivity contribution >= 4 is 21.8 Å². The second-order valence-electron chi connectivity index (χ2n) is 8.70. The summed E-state index contributed by atoms with van der Waals surface area (Å²) in [6.07, 6.45) is 2.96. The highest BCUT2D eigenvalue weighted by atomic mass is 32.2. The van der Waals surface area contributed by atoms with Gasteiger partial charge in [0.2, 0.25) is 15.9 Å². The van der Waals surface area contributed by atoms with Gasteiger partial charge in [0.1, 0.15) is 5.82 Å². The first-order valence-electron chi connectivity index (χ1n) is 11.3. The molecule has 1 aromatic heterocycles. The van der Waals surface area contributed by atoms with E-state index < -0.39 is 15.8 Å². The molecule has 0 atom stereocenters. The number of benzene rings is 1. The van der Waals surface area contributed by atoms with Crippen molar-refractivity contribution in [1.82, 2.24) is 19.4 Å². The third kappa shape index (κ3) is 5.48. The van der Waals surface area contributed by atoms with Crippen molar-refractivity contribution in [3.63, 3.8) is 0 Å². The van der Waals surface area contributed by atoms with Gasteiger partial charge in [-0.3, -0.25) is 14.5 Å². The Labute approximate surface area is 198 Å².